The van der Waals surface area contributed by atoms with Gasteiger partial charge in [0.2, 0.25) is 0 Å². The van der Waals surface area contributed by atoms with Gasteiger partial charge in [-0.05, 0) is 74.1 Å². The number of thiophene rings is 1. The fourth-order valence-corrected chi connectivity index (χ4v) is 9.95. The van der Waals surface area contributed by atoms with Crippen LogP contribution in [0, 0.1) is 0 Å². The Morgan fingerprint density at radius 1 is 0.310 bits per heavy atom. The van der Waals surface area contributed by atoms with Gasteiger partial charge in [0, 0.05) is 47.6 Å². The molecule has 58 heavy (non-hydrogen) atoms. The van der Waals surface area contributed by atoms with Crippen molar-refractivity contribution in [3.8, 4) is 56.4 Å². The van der Waals surface area contributed by atoms with E-state index in [1.54, 1.807) is 0 Å². The Hall–Kier alpha value is -7.47. The number of hydrogen-bond acceptors (Lipinski definition) is 5. The molecule has 0 saturated heterocycles. The lowest BCUT2D eigenvalue weighted by Crippen LogP contribution is -2.01. The normalized spacial score (nSPS) is 11.8. The molecule has 0 amide bonds. The molecule has 12 rings (SSSR count). The predicted octanol–water partition coefficient (Wildman–Crippen LogP) is 14.8. The number of aromatic nitrogens is 3. The third kappa shape index (κ3) is 5.25. The SMILES string of the molecule is c1ccc(-c2cccc3c2sc2c(-c4cc(-c5nc(-c6ccc7c(c6)oc6ccccc67)nc(-c6cccc7ccccc67)n5)c5ccccc5c4)cccc23)cc1. The molecule has 270 valence electrons. The van der Waals surface area contributed by atoms with E-state index in [1.807, 2.05) is 29.5 Å². The average molecular weight is 758 g/mol. The highest BCUT2D eigenvalue weighted by Gasteiger charge is 2.20. The lowest BCUT2D eigenvalue weighted by Gasteiger charge is -2.14. The van der Waals surface area contributed by atoms with Gasteiger partial charge in [-0.3, -0.25) is 0 Å². The Balaban J connectivity index is 1.10. The Labute approximate surface area is 337 Å². The summed E-state index contributed by atoms with van der Waals surface area (Å²) in [6, 6.07) is 66.3. The van der Waals surface area contributed by atoms with E-state index >= 15 is 0 Å². The predicted molar refractivity (Wildman–Crippen MR) is 242 cm³/mol. The van der Waals surface area contributed by atoms with Crippen LogP contribution in [0.25, 0.3) is 120 Å². The molecule has 0 atom stereocenters. The summed E-state index contributed by atoms with van der Waals surface area (Å²) in [5.41, 5.74) is 9.20. The summed E-state index contributed by atoms with van der Waals surface area (Å²) in [4.78, 5) is 15.8. The number of nitrogens with zero attached hydrogens (tertiary/aromatic N) is 3. The van der Waals surface area contributed by atoms with Crippen LogP contribution in [-0.2, 0) is 0 Å². The lowest BCUT2D eigenvalue weighted by atomic mass is 9.95. The molecule has 12 aromatic rings. The molecule has 4 nitrogen and oxygen atoms in total. The van der Waals surface area contributed by atoms with Crippen molar-refractivity contribution >= 4 is 75.0 Å². The molecule has 0 saturated carbocycles. The molecule has 9 aromatic carbocycles. The third-order valence-electron chi connectivity index (χ3n) is 11.3. The van der Waals surface area contributed by atoms with Gasteiger partial charge in [0.25, 0.3) is 0 Å². The van der Waals surface area contributed by atoms with E-state index in [0.29, 0.717) is 17.5 Å². The number of fused-ring (bicyclic) bond motifs is 8. The monoisotopic (exact) mass is 757 g/mol. The minimum absolute atomic E-state index is 0.588. The molecule has 0 aliphatic carbocycles. The van der Waals surface area contributed by atoms with Crippen molar-refractivity contribution in [2.24, 2.45) is 0 Å². The zero-order chi connectivity index (χ0) is 38.2. The number of para-hydroxylation sites is 1. The molecule has 0 bridgehead atoms. The van der Waals surface area contributed by atoms with Gasteiger partial charge in [0.05, 0.1) is 0 Å². The van der Waals surface area contributed by atoms with Crippen LogP contribution in [0.15, 0.2) is 192 Å². The number of furan rings is 1. The van der Waals surface area contributed by atoms with Crippen LogP contribution in [0.3, 0.4) is 0 Å². The maximum atomic E-state index is 6.34. The van der Waals surface area contributed by atoms with Crippen molar-refractivity contribution < 1.29 is 4.42 Å². The summed E-state index contributed by atoms with van der Waals surface area (Å²) in [6.45, 7) is 0. The molecular weight excluding hydrogens is 727 g/mol. The first-order valence-electron chi connectivity index (χ1n) is 19.4. The molecule has 3 heterocycles. The molecule has 0 aliphatic rings. The second-order valence-corrected chi connectivity index (χ2v) is 15.7. The van der Waals surface area contributed by atoms with E-state index < -0.39 is 0 Å². The van der Waals surface area contributed by atoms with E-state index in [2.05, 4.69) is 170 Å². The van der Waals surface area contributed by atoms with Gasteiger partial charge in [-0.15, -0.1) is 11.3 Å². The molecule has 0 N–H and O–H groups in total. The van der Waals surface area contributed by atoms with Gasteiger partial charge in [0.15, 0.2) is 17.5 Å². The quantitative estimate of drug-likeness (QED) is 0.175. The standard InChI is InChI=1S/C53H31N3OS/c1-2-13-33(14-3-1)39-21-11-23-43-44-24-12-22-40(50(44)58-49(39)43)36-29-34-16-5-7-19-38(34)46(30-36)53-55-51(35-27-28-42-41-20-8-9-26-47(41)57-48(42)31-35)54-52(56-53)45-25-10-17-32-15-4-6-18-37(32)45/h1-31H. The van der Waals surface area contributed by atoms with Crippen molar-refractivity contribution in [3.05, 3.63) is 188 Å². The summed E-state index contributed by atoms with van der Waals surface area (Å²) >= 11 is 1.86. The first-order valence-corrected chi connectivity index (χ1v) is 20.2. The fourth-order valence-electron chi connectivity index (χ4n) is 8.57. The van der Waals surface area contributed by atoms with E-state index in [-0.39, 0.29) is 0 Å². The molecule has 0 unspecified atom stereocenters. The highest BCUT2D eigenvalue weighted by atomic mass is 32.1. The Morgan fingerprint density at radius 2 is 0.862 bits per heavy atom. The van der Waals surface area contributed by atoms with Gasteiger partial charge < -0.3 is 4.42 Å². The molecule has 5 heteroatoms. The molecule has 0 spiro atoms. The van der Waals surface area contributed by atoms with Crippen molar-refractivity contribution in [2.75, 3.05) is 0 Å². The van der Waals surface area contributed by atoms with Crippen LogP contribution in [0.2, 0.25) is 0 Å². The minimum atomic E-state index is 0.588. The fraction of sp³-hybridized carbons (Fsp3) is 0. The summed E-state index contributed by atoms with van der Waals surface area (Å²) in [6.07, 6.45) is 0. The van der Waals surface area contributed by atoms with Crippen LogP contribution in [0.1, 0.15) is 0 Å². The van der Waals surface area contributed by atoms with Crippen LogP contribution in [0.5, 0.6) is 0 Å². The van der Waals surface area contributed by atoms with Gasteiger partial charge in [-0.1, -0.05) is 158 Å². The van der Waals surface area contributed by atoms with Crippen molar-refractivity contribution in [1.82, 2.24) is 15.0 Å². The van der Waals surface area contributed by atoms with Gasteiger partial charge in [-0.25, -0.2) is 15.0 Å². The zero-order valence-corrected chi connectivity index (χ0v) is 31.9. The maximum Gasteiger partial charge on any atom is 0.164 e. The number of hydrogen-bond donors (Lipinski definition) is 0. The molecule has 0 fully saturated rings. The smallest absolute Gasteiger partial charge is 0.164 e. The summed E-state index contributed by atoms with van der Waals surface area (Å²) < 4.78 is 8.89. The van der Waals surface area contributed by atoms with Gasteiger partial charge >= 0.3 is 0 Å². The second-order valence-electron chi connectivity index (χ2n) is 14.7. The topological polar surface area (TPSA) is 51.8 Å². The van der Waals surface area contributed by atoms with Crippen LogP contribution in [0.4, 0.5) is 0 Å². The number of benzene rings is 9. The van der Waals surface area contributed by atoms with E-state index in [9.17, 15) is 0 Å². The molecular formula is C53H31N3OS. The van der Waals surface area contributed by atoms with Crippen molar-refractivity contribution in [3.63, 3.8) is 0 Å². The summed E-state index contributed by atoms with van der Waals surface area (Å²) in [5.74, 6) is 1.83. The van der Waals surface area contributed by atoms with E-state index in [4.69, 9.17) is 19.4 Å². The van der Waals surface area contributed by atoms with E-state index in [1.165, 1.54) is 36.9 Å². The third-order valence-corrected chi connectivity index (χ3v) is 12.6. The summed E-state index contributed by atoms with van der Waals surface area (Å²) in [5, 5.41) is 9.10. The first kappa shape index (κ1) is 32.7. The highest BCUT2D eigenvalue weighted by molar-refractivity contribution is 7.26. The minimum Gasteiger partial charge on any atom is -0.456 e. The van der Waals surface area contributed by atoms with Crippen molar-refractivity contribution in [1.29, 1.82) is 0 Å². The van der Waals surface area contributed by atoms with Gasteiger partial charge in [-0.2, -0.15) is 0 Å². The van der Waals surface area contributed by atoms with Crippen molar-refractivity contribution in [2.45, 2.75) is 0 Å². The zero-order valence-electron chi connectivity index (χ0n) is 31.1. The van der Waals surface area contributed by atoms with Gasteiger partial charge in [0.1, 0.15) is 11.2 Å². The number of rotatable bonds is 5. The van der Waals surface area contributed by atoms with Crippen LogP contribution in [-0.4, -0.2) is 15.0 Å². The molecule has 0 radical (unpaired) electrons. The molecule has 0 aliphatic heterocycles. The Bertz CT molecular complexity index is 3580. The average Bonchev–Trinajstić information content (AvgIpc) is 3.87. The van der Waals surface area contributed by atoms with Crippen LogP contribution < -0.4 is 0 Å². The van der Waals surface area contributed by atoms with E-state index in [0.717, 1.165) is 65.7 Å². The largest absolute Gasteiger partial charge is 0.456 e. The maximum absolute atomic E-state index is 6.34. The lowest BCUT2D eigenvalue weighted by molar-refractivity contribution is 0.669. The molecule has 3 aromatic heterocycles. The Morgan fingerprint density at radius 3 is 1.66 bits per heavy atom. The summed E-state index contributed by atoms with van der Waals surface area (Å²) in [7, 11) is 0. The Kier molecular flexibility index (Phi) is 7.37. The first-order chi connectivity index (χ1) is 28.7. The highest BCUT2D eigenvalue weighted by Crippen LogP contribution is 2.45. The second kappa shape index (κ2) is 13.1. The van der Waals surface area contributed by atoms with Crippen LogP contribution >= 0.6 is 11.3 Å².